The molecule has 94 valence electrons. The first-order valence-electron chi connectivity index (χ1n) is 5.42. The third kappa shape index (κ3) is 2.21. The second-order valence-electron chi connectivity index (χ2n) is 4.27. The second-order valence-corrected chi connectivity index (χ2v) is 4.27. The Kier molecular flexibility index (Phi) is 3.22. The number of nitrogens with one attached hydrogen (secondary N) is 1. The normalized spacial score (nSPS) is 17.4. The molecular formula is C12H16FNO3. The van der Waals surface area contributed by atoms with Crippen LogP contribution in [0.15, 0.2) is 12.1 Å². The van der Waals surface area contributed by atoms with E-state index in [9.17, 15) is 9.50 Å². The summed E-state index contributed by atoms with van der Waals surface area (Å²) in [5, 5.41) is 13.1. The van der Waals surface area contributed by atoms with Crippen LogP contribution in [0.25, 0.3) is 0 Å². The molecule has 0 saturated carbocycles. The average molecular weight is 241 g/mol. The van der Waals surface area contributed by atoms with Crippen molar-refractivity contribution in [3.05, 3.63) is 23.5 Å². The maximum Gasteiger partial charge on any atom is 0.165 e. The molecule has 0 radical (unpaired) electrons. The van der Waals surface area contributed by atoms with Gasteiger partial charge in [-0.3, -0.25) is 0 Å². The number of hydrogen-bond acceptors (Lipinski definition) is 4. The highest BCUT2D eigenvalue weighted by atomic mass is 19.1. The molecule has 1 saturated heterocycles. The molecule has 17 heavy (non-hydrogen) atoms. The van der Waals surface area contributed by atoms with E-state index < -0.39 is 11.4 Å². The number of aliphatic hydroxyl groups is 1. The van der Waals surface area contributed by atoms with Crippen molar-refractivity contribution < 1.29 is 19.0 Å². The fourth-order valence-corrected chi connectivity index (χ4v) is 2.03. The van der Waals surface area contributed by atoms with Crippen LogP contribution < -0.4 is 14.8 Å². The first kappa shape index (κ1) is 12.1. The molecule has 2 rings (SSSR count). The Morgan fingerprint density at radius 2 is 2.06 bits per heavy atom. The summed E-state index contributed by atoms with van der Waals surface area (Å²) < 4.78 is 23.8. The quantitative estimate of drug-likeness (QED) is 0.815. The first-order chi connectivity index (χ1) is 8.09. The van der Waals surface area contributed by atoms with Crippen molar-refractivity contribution >= 4 is 0 Å². The van der Waals surface area contributed by atoms with Gasteiger partial charge in [-0.05, 0) is 12.1 Å². The van der Waals surface area contributed by atoms with Gasteiger partial charge in [0.15, 0.2) is 11.6 Å². The van der Waals surface area contributed by atoms with Gasteiger partial charge in [0, 0.05) is 25.1 Å². The zero-order valence-electron chi connectivity index (χ0n) is 9.92. The van der Waals surface area contributed by atoms with Crippen LogP contribution in [0, 0.1) is 5.82 Å². The van der Waals surface area contributed by atoms with Gasteiger partial charge in [-0.2, -0.15) is 0 Å². The van der Waals surface area contributed by atoms with Gasteiger partial charge in [-0.15, -0.1) is 0 Å². The van der Waals surface area contributed by atoms with Gasteiger partial charge in [0.2, 0.25) is 0 Å². The van der Waals surface area contributed by atoms with E-state index in [-0.39, 0.29) is 5.75 Å². The number of hydrogen-bond donors (Lipinski definition) is 2. The lowest BCUT2D eigenvalue weighted by atomic mass is 9.88. The molecule has 4 nitrogen and oxygen atoms in total. The summed E-state index contributed by atoms with van der Waals surface area (Å²) in [4.78, 5) is 0. The lowest BCUT2D eigenvalue weighted by Crippen LogP contribution is -2.60. The topological polar surface area (TPSA) is 50.7 Å². The molecule has 1 fully saturated rings. The lowest BCUT2D eigenvalue weighted by Gasteiger charge is -2.38. The number of benzene rings is 1. The Bertz CT molecular complexity index is 418. The van der Waals surface area contributed by atoms with Crippen molar-refractivity contribution in [1.82, 2.24) is 5.32 Å². The zero-order valence-corrected chi connectivity index (χ0v) is 9.92. The molecule has 5 heteroatoms. The van der Waals surface area contributed by atoms with Gasteiger partial charge in [-0.25, -0.2) is 4.39 Å². The smallest absolute Gasteiger partial charge is 0.165 e. The highest BCUT2D eigenvalue weighted by Gasteiger charge is 2.36. The van der Waals surface area contributed by atoms with Crippen LogP contribution in [0.1, 0.15) is 5.56 Å². The van der Waals surface area contributed by atoms with Crippen LogP contribution in [0.3, 0.4) is 0 Å². The van der Waals surface area contributed by atoms with E-state index in [1.807, 2.05) is 0 Å². The largest absolute Gasteiger partial charge is 0.496 e. The van der Waals surface area contributed by atoms with Crippen LogP contribution in [0.2, 0.25) is 0 Å². The molecule has 2 N–H and O–H groups in total. The average Bonchev–Trinajstić information content (AvgIpc) is 2.28. The minimum atomic E-state index is -0.839. The molecule has 0 atom stereocenters. The van der Waals surface area contributed by atoms with Crippen LogP contribution in [-0.4, -0.2) is 38.0 Å². The molecule has 0 spiro atoms. The van der Waals surface area contributed by atoms with E-state index in [1.54, 1.807) is 6.07 Å². The Balaban J connectivity index is 2.37. The van der Waals surface area contributed by atoms with Crippen molar-refractivity contribution in [3.63, 3.8) is 0 Å². The molecule has 0 bridgehead atoms. The summed E-state index contributed by atoms with van der Waals surface area (Å²) in [6.45, 7) is 0.992. The van der Waals surface area contributed by atoms with Crippen molar-refractivity contribution in [2.75, 3.05) is 27.3 Å². The summed E-state index contributed by atoms with van der Waals surface area (Å²) >= 11 is 0. The highest BCUT2D eigenvalue weighted by molar-refractivity contribution is 5.47. The molecule has 1 aromatic carbocycles. The van der Waals surface area contributed by atoms with Crippen molar-refractivity contribution in [2.45, 2.75) is 12.0 Å². The van der Waals surface area contributed by atoms with Gasteiger partial charge in [0.1, 0.15) is 5.75 Å². The third-order valence-electron chi connectivity index (χ3n) is 3.01. The number of β-amino-alcohol motifs (C(OH)–C–C–N with tert-alkyl or cyclic N) is 1. The molecular weight excluding hydrogens is 225 g/mol. The minimum absolute atomic E-state index is 0.143. The van der Waals surface area contributed by atoms with Crippen LogP contribution in [-0.2, 0) is 6.42 Å². The van der Waals surface area contributed by atoms with Gasteiger partial charge in [0.25, 0.3) is 0 Å². The summed E-state index contributed by atoms with van der Waals surface area (Å²) in [6.07, 6.45) is 0.310. The van der Waals surface area contributed by atoms with E-state index >= 15 is 0 Å². The first-order valence-corrected chi connectivity index (χ1v) is 5.42. The number of halogens is 1. The van der Waals surface area contributed by atoms with E-state index in [1.165, 1.54) is 20.3 Å². The zero-order chi connectivity index (χ0) is 12.5. The molecule has 1 aliphatic heterocycles. The fraction of sp³-hybridized carbons (Fsp3) is 0.500. The van der Waals surface area contributed by atoms with Crippen LogP contribution in [0.5, 0.6) is 11.5 Å². The fourth-order valence-electron chi connectivity index (χ4n) is 2.03. The molecule has 1 aromatic rings. The van der Waals surface area contributed by atoms with E-state index in [0.29, 0.717) is 30.8 Å². The molecule has 1 aliphatic rings. The minimum Gasteiger partial charge on any atom is -0.496 e. The summed E-state index contributed by atoms with van der Waals surface area (Å²) in [6, 6.07) is 2.84. The second kappa shape index (κ2) is 4.50. The van der Waals surface area contributed by atoms with E-state index in [0.717, 1.165) is 0 Å². The summed E-state index contributed by atoms with van der Waals surface area (Å²) in [5.41, 5.74) is -0.270. The Morgan fingerprint density at radius 3 is 2.53 bits per heavy atom. The third-order valence-corrected chi connectivity index (χ3v) is 3.01. The van der Waals surface area contributed by atoms with Crippen molar-refractivity contribution in [2.24, 2.45) is 0 Å². The van der Waals surface area contributed by atoms with Crippen LogP contribution in [0.4, 0.5) is 4.39 Å². The van der Waals surface area contributed by atoms with Crippen molar-refractivity contribution in [1.29, 1.82) is 0 Å². The van der Waals surface area contributed by atoms with Gasteiger partial charge in [0.05, 0.1) is 19.8 Å². The number of methoxy groups -OCH3 is 2. The molecule has 0 amide bonds. The predicted molar refractivity (Wildman–Crippen MR) is 61.0 cm³/mol. The van der Waals surface area contributed by atoms with Gasteiger partial charge >= 0.3 is 0 Å². The van der Waals surface area contributed by atoms with E-state index in [2.05, 4.69) is 5.32 Å². The Hall–Kier alpha value is -1.33. The maximum atomic E-state index is 13.6. The maximum absolute atomic E-state index is 13.6. The molecule has 0 aromatic heterocycles. The van der Waals surface area contributed by atoms with Crippen molar-refractivity contribution in [3.8, 4) is 11.5 Å². The number of ether oxygens (including phenoxy) is 2. The van der Waals surface area contributed by atoms with Crippen LogP contribution >= 0.6 is 0 Å². The molecule has 0 aliphatic carbocycles. The summed E-state index contributed by atoms with van der Waals surface area (Å²) in [7, 11) is 2.92. The predicted octanol–water partition coefficient (Wildman–Crippen LogP) is 0.720. The molecule has 1 heterocycles. The molecule has 0 unspecified atom stereocenters. The Labute approximate surface area is 99.4 Å². The van der Waals surface area contributed by atoms with Gasteiger partial charge < -0.3 is 19.9 Å². The lowest BCUT2D eigenvalue weighted by molar-refractivity contribution is -0.00994. The Morgan fingerprint density at radius 1 is 1.35 bits per heavy atom. The standard InChI is InChI=1S/C12H16FNO3/c1-16-10-4-3-9(13)11(17-2)8(10)5-12(15)6-14-7-12/h3-4,14-15H,5-7H2,1-2H3. The monoisotopic (exact) mass is 241 g/mol. The van der Waals surface area contributed by atoms with E-state index in [4.69, 9.17) is 9.47 Å². The highest BCUT2D eigenvalue weighted by Crippen LogP contribution is 2.34. The number of rotatable bonds is 4. The SMILES string of the molecule is COc1ccc(F)c(OC)c1CC1(O)CNC1. The van der Waals surface area contributed by atoms with Gasteiger partial charge in [-0.1, -0.05) is 0 Å². The summed E-state index contributed by atoms with van der Waals surface area (Å²) in [5.74, 6) is 0.229.